The van der Waals surface area contributed by atoms with Crippen LogP contribution in [-0.4, -0.2) is 31.1 Å². The van der Waals surface area contributed by atoms with Gasteiger partial charge in [0.2, 0.25) is 11.8 Å². The molecule has 0 saturated carbocycles. The van der Waals surface area contributed by atoms with Gasteiger partial charge in [0, 0.05) is 25.3 Å². The SMILES string of the molecule is CCC(=O)N(Cc1ccccc1)c1cccc(CC(=O)NC[C@@H]2CCCO2)c1. The summed E-state index contributed by atoms with van der Waals surface area (Å²) in [5.74, 6) is 0.0351. The van der Waals surface area contributed by atoms with Gasteiger partial charge in [0.25, 0.3) is 0 Å². The molecule has 5 heteroatoms. The van der Waals surface area contributed by atoms with E-state index in [4.69, 9.17) is 4.74 Å². The quantitative estimate of drug-likeness (QED) is 0.763. The predicted molar refractivity (Wildman–Crippen MR) is 110 cm³/mol. The number of rotatable bonds is 8. The largest absolute Gasteiger partial charge is 0.376 e. The molecule has 2 aromatic carbocycles. The molecule has 2 amide bonds. The molecule has 1 N–H and O–H groups in total. The summed E-state index contributed by atoms with van der Waals surface area (Å²) in [5, 5.41) is 2.95. The summed E-state index contributed by atoms with van der Waals surface area (Å²) in [5.41, 5.74) is 2.79. The van der Waals surface area contributed by atoms with Gasteiger partial charge in [0.05, 0.1) is 19.1 Å². The Balaban J connectivity index is 1.66. The molecule has 1 aliphatic heterocycles. The van der Waals surface area contributed by atoms with Gasteiger partial charge in [-0.15, -0.1) is 0 Å². The van der Waals surface area contributed by atoms with E-state index < -0.39 is 0 Å². The Morgan fingerprint density at radius 1 is 1.11 bits per heavy atom. The predicted octanol–water partition coefficient (Wildman–Crippen LogP) is 3.47. The molecule has 1 saturated heterocycles. The molecule has 148 valence electrons. The van der Waals surface area contributed by atoms with Crippen molar-refractivity contribution in [3.63, 3.8) is 0 Å². The van der Waals surface area contributed by atoms with Crippen LogP contribution in [0.5, 0.6) is 0 Å². The molecule has 1 fully saturated rings. The number of hydrogen-bond donors (Lipinski definition) is 1. The van der Waals surface area contributed by atoms with Gasteiger partial charge in [-0.3, -0.25) is 9.59 Å². The van der Waals surface area contributed by atoms with Crippen LogP contribution in [0.4, 0.5) is 5.69 Å². The first-order valence-corrected chi connectivity index (χ1v) is 9.97. The molecular formula is C23H28N2O3. The van der Waals surface area contributed by atoms with Crippen LogP contribution in [0.1, 0.15) is 37.3 Å². The molecule has 1 heterocycles. The lowest BCUT2D eigenvalue weighted by molar-refractivity contribution is -0.121. The van der Waals surface area contributed by atoms with E-state index in [9.17, 15) is 9.59 Å². The number of amides is 2. The van der Waals surface area contributed by atoms with Gasteiger partial charge in [-0.25, -0.2) is 0 Å². The zero-order valence-electron chi connectivity index (χ0n) is 16.4. The van der Waals surface area contributed by atoms with Crippen LogP contribution in [0.15, 0.2) is 54.6 Å². The molecule has 2 aromatic rings. The standard InChI is InChI=1S/C23H28N2O3/c1-2-23(27)25(17-18-8-4-3-5-9-18)20-11-6-10-19(14-20)15-22(26)24-16-21-12-7-13-28-21/h3-6,8-11,14,21H,2,7,12-13,15-17H2,1H3,(H,24,26)/t21-/m0/s1. The fraction of sp³-hybridized carbons (Fsp3) is 0.391. The molecular weight excluding hydrogens is 352 g/mol. The van der Waals surface area contributed by atoms with E-state index in [0.29, 0.717) is 25.9 Å². The Morgan fingerprint density at radius 3 is 2.61 bits per heavy atom. The number of ether oxygens (including phenoxy) is 1. The summed E-state index contributed by atoms with van der Waals surface area (Å²) in [6.07, 6.45) is 2.92. The Morgan fingerprint density at radius 2 is 1.89 bits per heavy atom. The first kappa shape index (κ1) is 20.1. The maximum absolute atomic E-state index is 12.5. The molecule has 5 nitrogen and oxygen atoms in total. The summed E-state index contributed by atoms with van der Waals surface area (Å²) < 4.78 is 5.54. The smallest absolute Gasteiger partial charge is 0.227 e. The highest BCUT2D eigenvalue weighted by Gasteiger charge is 2.17. The number of benzene rings is 2. The third kappa shape index (κ3) is 5.67. The van der Waals surface area contributed by atoms with Crippen LogP contribution in [0, 0.1) is 0 Å². The van der Waals surface area contributed by atoms with Gasteiger partial charge < -0.3 is 15.0 Å². The molecule has 3 rings (SSSR count). The Hall–Kier alpha value is -2.66. The number of nitrogens with zero attached hydrogens (tertiary/aromatic N) is 1. The third-order valence-electron chi connectivity index (χ3n) is 4.92. The van der Waals surface area contributed by atoms with Crippen molar-refractivity contribution in [2.24, 2.45) is 0 Å². The molecule has 0 spiro atoms. The number of carbonyl (C=O) groups excluding carboxylic acids is 2. The van der Waals surface area contributed by atoms with Gasteiger partial charge in [-0.2, -0.15) is 0 Å². The molecule has 0 unspecified atom stereocenters. The highest BCUT2D eigenvalue weighted by Crippen LogP contribution is 2.20. The average Bonchev–Trinajstić information content (AvgIpc) is 3.24. The van der Waals surface area contributed by atoms with E-state index in [2.05, 4.69) is 5.32 Å². The lowest BCUT2D eigenvalue weighted by atomic mass is 10.1. The normalized spacial score (nSPS) is 16.0. The van der Waals surface area contributed by atoms with Crippen LogP contribution in [0.2, 0.25) is 0 Å². The van der Waals surface area contributed by atoms with Crippen molar-refractivity contribution >= 4 is 17.5 Å². The lowest BCUT2D eigenvalue weighted by Gasteiger charge is -2.23. The zero-order valence-corrected chi connectivity index (χ0v) is 16.4. The average molecular weight is 380 g/mol. The van der Waals surface area contributed by atoms with Crippen molar-refractivity contribution in [1.82, 2.24) is 5.32 Å². The maximum atomic E-state index is 12.5. The minimum Gasteiger partial charge on any atom is -0.376 e. The molecule has 1 atom stereocenters. The zero-order chi connectivity index (χ0) is 19.8. The number of hydrogen-bond acceptors (Lipinski definition) is 3. The lowest BCUT2D eigenvalue weighted by Crippen LogP contribution is -2.33. The number of carbonyl (C=O) groups is 2. The number of anilines is 1. The van der Waals surface area contributed by atoms with E-state index in [1.165, 1.54) is 0 Å². The van der Waals surface area contributed by atoms with E-state index >= 15 is 0 Å². The molecule has 0 bridgehead atoms. The second-order valence-electron chi connectivity index (χ2n) is 7.10. The third-order valence-corrected chi connectivity index (χ3v) is 4.92. The van der Waals surface area contributed by atoms with Crippen LogP contribution in [0.25, 0.3) is 0 Å². The van der Waals surface area contributed by atoms with Crippen molar-refractivity contribution in [2.45, 2.75) is 45.3 Å². The summed E-state index contributed by atoms with van der Waals surface area (Å²) >= 11 is 0. The molecule has 0 radical (unpaired) electrons. The van der Waals surface area contributed by atoms with E-state index in [1.54, 1.807) is 4.90 Å². The molecule has 1 aliphatic rings. The monoisotopic (exact) mass is 380 g/mol. The van der Waals surface area contributed by atoms with Crippen LogP contribution in [0.3, 0.4) is 0 Å². The van der Waals surface area contributed by atoms with Gasteiger partial charge in [0.1, 0.15) is 0 Å². The van der Waals surface area contributed by atoms with E-state index in [-0.39, 0.29) is 17.9 Å². The van der Waals surface area contributed by atoms with Crippen molar-refractivity contribution < 1.29 is 14.3 Å². The summed E-state index contributed by atoms with van der Waals surface area (Å²) in [7, 11) is 0. The topological polar surface area (TPSA) is 58.6 Å². The highest BCUT2D eigenvalue weighted by molar-refractivity contribution is 5.93. The van der Waals surface area contributed by atoms with Crippen molar-refractivity contribution in [2.75, 3.05) is 18.1 Å². The number of nitrogens with one attached hydrogen (secondary N) is 1. The van der Waals surface area contributed by atoms with Crippen molar-refractivity contribution in [3.05, 3.63) is 65.7 Å². The first-order valence-electron chi connectivity index (χ1n) is 9.97. The fourth-order valence-corrected chi connectivity index (χ4v) is 3.40. The highest BCUT2D eigenvalue weighted by atomic mass is 16.5. The summed E-state index contributed by atoms with van der Waals surface area (Å²) in [6, 6.07) is 17.6. The molecule has 0 aromatic heterocycles. The summed E-state index contributed by atoms with van der Waals surface area (Å²) in [6.45, 7) is 3.73. The van der Waals surface area contributed by atoms with Gasteiger partial charge in [-0.05, 0) is 36.1 Å². The van der Waals surface area contributed by atoms with E-state index in [0.717, 1.165) is 36.3 Å². The van der Waals surface area contributed by atoms with Crippen LogP contribution < -0.4 is 10.2 Å². The summed E-state index contributed by atoms with van der Waals surface area (Å²) in [4.78, 5) is 26.6. The molecule has 28 heavy (non-hydrogen) atoms. The second-order valence-corrected chi connectivity index (χ2v) is 7.10. The van der Waals surface area contributed by atoms with Crippen molar-refractivity contribution in [1.29, 1.82) is 0 Å². The Labute approximate surface area is 166 Å². The van der Waals surface area contributed by atoms with Gasteiger partial charge in [0.15, 0.2) is 0 Å². The van der Waals surface area contributed by atoms with E-state index in [1.807, 2.05) is 61.5 Å². The van der Waals surface area contributed by atoms with Gasteiger partial charge in [-0.1, -0.05) is 49.4 Å². The minimum atomic E-state index is -0.0240. The minimum absolute atomic E-state index is 0.0240. The Bertz CT molecular complexity index is 785. The Kier molecular flexibility index (Phi) is 7.20. The fourth-order valence-electron chi connectivity index (χ4n) is 3.40. The second kappa shape index (κ2) is 10.0. The molecule has 0 aliphatic carbocycles. The van der Waals surface area contributed by atoms with Crippen molar-refractivity contribution in [3.8, 4) is 0 Å². The maximum Gasteiger partial charge on any atom is 0.227 e. The van der Waals surface area contributed by atoms with Crippen LogP contribution >= 0.6 is 0 Å². The van der Waals surface area contributed by atoms with Crippen LogP contribution in [-0.2, 0) is 27.3 Å². The first-order chi connectivity index (χ1) is 13.7. The van der Waals surface area contributed by atoms with Gasteiger partial charge >= 0.3 is 0 Å².